The number of benzene rings is 1. The minimum absolute atomic E-state index is 0.186. The smallest absolute Gasteiger partial charge is 0.338 e. The standard InChI is InChI=1S/C13H16O4/c1-4-16-12(14)10-6-5-7-11(8-10)13(15)17-9(2)3/h5-9H,4H2,1-3H3. The van der Waals surface area contributed by atoms with Gasteiger partial charge < -0.3 is 9.47 Å². The third-order valence-corrected chi connectivity index (χ3v) is 1.95. The molecule has 92 valence electrons. The molecule has 0 heterocycles. The summed E-state index contributed by atoms with van der Waals surface area (Å²) in [5, 5.41) is 0. The molecular weight excluding hydrogens is 220 g/mol. The summed E-state index contributed by atoms with van der Waals surface area (Å²) in [6.45, 7) is 5.58. The minimum Gasteiger partial charge on any atom is -0.462 e. The van der Waals surface area contributed by atoms with Gasteiger partial charge >= 0.3 is 11.9 Å². The van der Waals surface area contributed by atoms with E-state index in [4.69, 9.17) is 9.47 Å². The molecule has 0 aliphatic rings. The van der Waals surface area contributed by atoms with Crippen molar-refractivity contribution in [3.8, 4) is 0 Å². The number of esters is 2. The Hall–Kier alpha value is -1.84. The molecule has 0 spiro atoms. The Morgan fingerprint density at radius 1 is 1.18 bits per heavy atom. The van der Waals surface area contributed by atoms with Crippen molar-refractivity contribution in [2.75, 3.05) is 6.61 Å². The molecule has 0 aromatic heterocycles. The molecule has 0 saturated heterocycles. The first-order valence-electron chi connectivity index (χ1n) is 5.52. The summed E-state index contributed by atoms with van der Waals surface area (Å²) in [6, 6.07) is 6.31. The van der Waals surface area contributed by atoms with Crippen LogP contribution in [0.3, 0.4) is 0 Å². The van der Waals surface area contributed by atoms with Crippen LogP contribution in [0.2, 0.25) is 0 Å². The molecule has 0 atom stereocenters. The molecule has 0 unspecified atom stereocenters. The molecular formula is C13H16O4. The highest BCUT2D eigenvalue weighted by atomic mass is 16.5. The maximum absolute atomic E-state index is 11.6. The van der Waals surface area contributed by atoms with E-state index in [-0.39, 0.29) is 6.10 Å². The fraction of sp³-hybridized carbons (Fsp3) is 0.385. The van der Waals surface area contributed by atoms with E-state index in [1.165, 1.54) is 6.07 Å². The first-order valence-corrected chi connectivity index (χ1v) is 5.52. The third kappa shape index (κ3) is 3.90. The van der Waals surface area contributed by atoms with Gasteiger partial charge in [-0.25, -0.2) is 9.59 Å². The fourth-order valence-corrected chi connectivity index (χ4v) is 1.27. The molecule has 4 heteroatoms. The van der Waals surface area contributed by atoms with E-state index < -0.39 is 11.9 Å². The van der Waals surface area contributed by atoms with Crippen molar-refractivity contribution in [1.29, 1.82) is 0 Å². The van der Waals surface area contributed by atoms with Crippen LogP contribution in [0.4, 0.5) is 0 Å². The Kier molecular flexibility index (Phi) is 4.69. The maximum atomic E-state index is 11.6. The highest BCUT2D eigenvalue weighted by Gasteiger charge is 2.12. The van der Waals surface area contributed by atoms with Gasteiger partial charge in [0.25, 0.3) is 0 Å². The van der Waals surface area contributed by atoms with Crippen LogP contribution in [0.15, 0.2) is 24.3 Å². The molecule has 0 saturated carbocycles. The van der Waals surface area contributed by atoms with Crippen LogP contribution >= 0.6 is 0 Å². The average Bonchev–Trinajstić information content (AvgIpc) is 2.28. The highest BCUT2D eigenvalue weighted by Crippen LogP contribution is 2.09. The van der Waals surface area contributed by atoms with Gasteiger partial charge in [-0.15, -0.1) is 0 Å². The van der Waals surface area contributed by atoms with Crippen molar-refractivity contribution in [2.45, 2.75) is 26.9 Å². The topological polar surface area (TPSA) is 52.6 Å². The van der Waals surface area contributed by atoms with Crippen molar-refractivity contribution < 1.29 is 19.1 Å². The molecule has 0 N–H and O–H groups in total. The molecule has 0 aliphatic carbocycles. The Balaban J connectivity index is 2.85. The van der Waals surface area contributed by atoms with Crippen LogP contribution < -0.4 is 0 Å². The van der Waals surface area contributed by atoms with Gasteiger partial charge in [0.15, 0.2) is 0 Å². The van der Waals surface area contributed by atoms with Gasteiger partial charge in [0, 0.05) is 0 Å². The lowest BCUT2D eigenvalue weighted by molar-refractivity contribution is 0.0378. The summed E-state index contributed by atoms with van der Waals surface area (Å²) in [7, 11) is 0. The molecule has 1 aromatic rings. The second kappa shape index (κ2) is 6.03. The van der Waals surface area contributed by atoms with Gasteiger partial charge in [0.2, 0.25) is 0 Å². The molecule has 1 aromatic carbocycles. The monoisotopic (exact) mass is 236 g/mol. The van der Waals surface area contributed by atoms with E-state index in [0.29, 0.717) is 17.7 Å². The SMILES string of the molecule is CCOC(=O)c1cccc(C(=O)OC(C)C)c1. The highest BCUT2D eigenvalue weighted by molar-refractivity contribution is 5.95. The van der Waals surface area contributed by atoms with E-state index in [2.05, 4.69) is 0 Å². The average molecular weight is 236 g/mol. The maximum Gasteiger partial charge on any atom is 0.338 e. The van der Waals surface area contributed by atoms with Gasteiger partial charge in [-0.05, 0) is 39.0 Å². The number of ether oxygens (including phenoxy) is 2. The van der Waals surface area contributed by atoms with Gasteiger partial charge in [-0.3, -0.25) is 0 Å². The van der Waals surface area contributed by atoms with Crippen LogP contribution in [0.1, 0.15) is 41.5 Å². The van der Waals surface area contributed by atoms with Gasteiger partial charge in [0.05, 0.1) is 23.8 Å². The van der Waals surface area contributed by atoms with E-state index in [1.54, 1.807) is 39.0 Å². The van der Waals surface area contributed by atoms with Gasteiger partial charge in [0.1, 0.15) is 0 Å². The van der Waals surface area contributed by atoms with Crippen molar-refractivity contribution in [3.63, 3.8) is 0 Å². The van der Waals surface area contributed by atoms with E-state index in [9.17, 15) is 9.59 Å². The molecule has 1 rings (SSSR count). The zero-order valence-electron chi connectivity index (χ0n) is 10.2. The van der Waals surface area contributed by atoms with Gasteiger partial charge in [-0.2, -0.15) is 0 Å². The van der Waals surface area contributed by atoms with E-state index in [1.807, 2.05) is 0 Å². The summed E-state index contributed by atoms with van der Waals surface area (Å²) < 4.78 is 9.89. The van der Waals surface area contributed by atoms with Crippen LogP contribution in [0, 0.1) is 0 Å². The number of carbonyl (C=O) groups excluding carboxylic acids is 2. The molecule has 0 fully saturated rings. The summed E-state index contributed by atoms with van der Waals surface area (Å²) in [6.07, 6.45) is -0.186. The lowest BCUT2D eigenvalue weighted by Gasteiger charge is -2.08. The zero-order chi connectivity index (χ0) is 12.8. The number of carbonyl (C=O) groups is 2. The van der Waals surface area contributed by atoms with Crippen LogP contribution in [-0.2, 0) is 9.47 Å². The predicted octanol–water partition coefficient (Wildman–Crippen LogP) is 2.43. The molecule has 17 heavy (non-hydrogen) atoms. The second-order valence-electron chi connectivity index (χ2n) is 3.76. The molecule has 0 bridgehead atoms. The van der Waals surface area contributed by atoms with Crippen molar-refractivity contribution in [2.24, 2.45) is 0 Å². The largest absolute Gasteiger partial charge is 0.462 e. The summed E-state index contributed by atoms with van der Waals surface area (Å²) in [4.78, 5) is 23.1. The quantitative estimate of drug-likeness (QED) is 0.753. The van der Waals surface area contributed by atoms with Crippen LogP contribution in [-0.4, -0.2) is 24.6 Å². The lowest BCUT2D eigenvalue weighted by atomic mass is 10.1. The Morgan fingerprint density at radius 3 is 2.29 bits per heavy atom. The minimum atomic E-state index is -0.439. The number of hydrogen-bond donors (Lipinski definition) is 0. The van der Waals surface area contributed by atoms with E-state index >= 15 is 0 Å². The second-order valence-corrected chi connectivity index (χ2v) is 3.76. The Bertz CT molecular complexity index is 410. The Labute approximate surface area is 101 Å². The summed E-state index contributed by atoms with van der Waals surface area (Å²) in [5.41, 5.74) is 0.703. The first kappa shape index (κ1) is 13.2. The molecule has 0 aliphatic heterocycles. The zero-order valence-corrected chi connectivity index (χ0v) is 10.2. The first-order chi connectivity index (χ1) is 8.04. The van der Waals surface area contributed by atoms with Crippen molar-refractivity contribution in [1.82, 2.24) is 0 Å². The fourth-order valence-electron chi connectivity index (χ4n) is 1.27. The Morgan fingerprint density at radius 2 is 1.76 bits per heavy atom. The number of hydrogen-bond acceptors (Lipinski definition) is 4. The molecule has 0 amide bonds. The predicted molar refractivity (Wildman–Crippen MR) is 63.0 cm³/mol. The van der Waals surface area contributed by atoms with Crippen LogP contribution in [0.5, 0.6) is 0 Å². The van der Waals surface area contributed by atoms with Crippen LogP contribution in [0.25, 0.3) is 0 Å². The lowest BCUT2D eigenvalue weighted by Crippen LogP contribution is -2.13. The summed E-state index contributed by atoms with van der Waals surface area (Å²) in [5.74, 6) is -0.877. The van der Waals surface area contributed by atoms with Gasteiger partial charge in [-0.1, -0.05) is 6.07 Å². The number of rotatable bonds is 4. The molecule has 0 radical (unpaired) electrons. The normalized spacial score (nSPS) is 10.1. The third-order valence-electron chi connectivity index (χ3n) is 1.95. The molecule has 4 nitrogen and oxygen atoms in total. The van der Waals surface area contributed by atoms with E-state index in [0.717, 1.165) is 0 Å². The van der Waals surface area contributed by atoms with Crippen molar-refractivity contribution >= 4 is 11.9 Å². The summed E-state index contributed by atoms with van der Waals surface area (Å²) >= 11 is 0. The van der Waals surface area contributed by atoms with Crippen molar-refractivity contribution in [3.05, 3.63) is 35.4 Å².